The maximum absolute atomic E-state index is 5.92. The summed E-state index contributed by atoms with van der Waals surface area (Å²) in [4.78, 5) is 0. The van der Waals surface area contributed by atoms with Crippen molar-refractivity contribution >= 4 is 33.0 Å². The molecule has 82 valence electrons. The summed E-state index contributed by atoms with van der Waals surface area (Å²) in [5, 5.41) is 4.20. The van der Waals surface area contributed by atoms with Crippen LogP contribution in [0.5, 0.6) is 0 Å². The molecule has 0 nitrogen and oxygen atoms in total. The van der Waals surface area contributed by atoms with E-state index in [0.717, 1.165) is 5.02 Å². The summed E-state index contributed by atoms with van der Waals surface area (Å²) in [5.74, 6) is 0. The fourth-order valence-corrected chi connectivity index (χ4v) is 2.88. The van der Waals surface area contributed by atoms with E-state index in [0.29, 0.717) is 0 Å². The van der Waals surface area contributed by atoms with E-state index in [-0.39, 0.29) is 0 Å². The minimum atomic E-state index is 0.775. The van der Waals surface area contributed by atoms with Crippen molar-refractivity contribution in [1.82, 2.24) is 0 Å². The zero-order valence-electron chi connectivity index (χ0n) is 9.06. The Hall–Kier alpha value is -1.44. The van der Waals surface area contributed by atoms with Gasteiger partial charge in [-0.15, -0.1) is 0 Å². The van der Waals surface area contributed by atoms with E-state index in [1.807, 2.05) is 12.1 Å². The highest BCUT2D eigenvalue weighted by atomic mass is 35.5. The van der Waals surface area contributed by atoms with Gasteiger partial charge < -0.3 is 0 Å². The summed E-state index contributed by atoms with van der Waals surface area (Å²) in [6.07, 6.45) is 0. The molecule has 0 fully saturated rings. The first-order chi connectivity index (χ1) is 8.34. The predicted molar refractivity (Wildman–Crippen MR) is 76.7 cm³/mol. The first-order valence-corrected chi connectivity index (χ1v) is 6.66. The summed E-state index contributed by atoms with van der Waals surface area (Å²) in [6, 6.07) is 18.6. The van der Waals surface area contributed by atoms with Gasteiger partial charge in [-0.3, -0.25) is 0 Å². The highest BCUT2D eigenvalue weighted by Gasteiger charge is 2.09. The second-order valence-corrected chi connectivity index (χ2v) is 5.22. The molecule has 0 saturated heterocycles. The molecule has 17 heavy (non-hydrogen) atoms. The average Bonchev–Trinajstić information content (AvgIpc) is 2.39. The molecule has 0 N–H and O–H groups in total. The molecular formula is C15H10ClS+. The zero-order chi connectivity index (χ0) is 11.7. The van der Waals surface area contributed by atoms with Gasteiger partial charge in [-0.1, -0.05) is 35.9 Å². The van der Waals surface area contributed by atoms with Gasteiger partial charge in [0.25, 0.3) is 0 Å². The Morgan fingerprint density at radius 1 is 0.824 bits per heavy atom. The van der Waals surface area contributed by atoms with Crippen LogP contribution in [0.25, 0.3) is 21.2 Å². The minimum Gasteiger partial charge on any atom is -0.0843 e. The van der Waals surface area contributed by atoms with Crippen LogP contribution in [0, 0.1) is 0 Å². The van der Waals surface area contributed by atoms with Crippen molar-refractivity contribution < 1.29 is 0 Å². The molecule has 0 unspecified atom stereocenters. The molecule has 0 amide bonds. The first kappa shape index (κ1) is 10.7. The van der Waals surface area contributed by atoms with Gasteiger partial charge in [-0.05, 0) is 29.3 Å². The van der Waals surface area contributed by atoms with Crippen LogP contribution in [0.4, 0.5) is 0 Å². The van der Waals surface area contributed by atoms with Gasteiger partial charge >= 0.3 is 0 Å². The summed E-state index contributed by atoms with van der Waals surface area (Å²) in [5.41, 5.74) is 2.47. The monoisotopic (exact) mass is 257 g/mol. The molecule has 0 atom stereocenters. The van der Waals surface area contributed by atoms with Gasteiger partial charge in [0.1, 0.15) is 0 Å². The van der Waals surface area contributed by atoms with Crippen LogP contribution in [0.2, 0.25) is 5.02 Å². The normalized spacial score (nSPS) is 10.6. The molecule has 0 bridgehead atoms. The molecule has 1 heterocycles. The Labute approximate surface area is 109 Å². The average molecular weight is 258 g/mol. The van der Waals surface area contributed by atoms with Gasteiger partial charge in [-0.2, -0.15) is 0 Å². The van der Waals surface area contributed by atoms with Crippen LogP contribution in [-0.4, -0.2) is 0 Å². The summed E-state index contributed by atoms with van der Waals surface area (Å²) < 4.78 is 1.31. The molecule has 0 radical (unpaired) electrons. The first-order valence-electron chi connectivity index (χ1n) is 5.40. The molecule has 0 aliphatic rings. The number of hydrogen-bond donors (Lipinski definition) is 0. The Morgan fingerprint density at radius 3 is 2.41 bits per heavy atom. The van der Waals surface area contributed by atoms with E-state index in [1.54, 1.807) is 11.3 Å². The molecule has 0 saturated carbocycles. The van der Waals surface area contributed by atoms with Crippen LogP contribution < -0.4 is 0 Å². The van der Waals surface area contributed by atoms with Crippen LogP contribution in [0.3, 0.4) is 0 Å². The fraction of sp³-hybridized carbons (Fsp3) is 0. The number of benzene rings is 2. The Balaban J connectivity index is 2.27. The lowest BCUT2D eigenvalue weighted by atomic mass is 10.0. The van der Waals surface area contributed by atoms with E-state index < -0.39 is 0 Å². The highest BCUT2D eigenvalue weighted by Crippen LogP contribution is 2.31. The molecule has 3 aromatic rings. The summed E-state index contributed by atoms with van der Waals surface area (Å²) in [6.45, 7) is 0. The number of hydrogen-bond acceptors (Lipinski definition) is 0. The third kappa shape index (κ3) is 2.04. The smallest absolute Gasteiger partial charge is 0.0843 e. The minimum absolute atomic E-state index is 0.775. The molecule has 0 aliphatic carbocycles. The van der Waals surface area contributed by atoms with Crippen molar-refractivity contribution in [2.24, 2.45) is 0 Å². The Morgan fingerprint density at radius 2 is 1.59 bits per heavy atom. The van der Waals surface area contributed by atoms with Gasteiger partial charge in [0, 0.05) is 22.5 Å². The summed E-state index contributed by atoms with van der Waals surface area (Å²) >= 11 is 7.68. The number of halogens is 1. The van der Waals surface area contributed by atoms with Crippen molar-refractivity contribution in [1.29, 1.82) is 0 Å². The second kappa shape index (κ2) is 4.44. The largest absolute Gasteiger partial charge is 0.238 e. The molecule has 0 aliphatic heterocycles. The Bertz CT molecular complexity index is 654. The highest BCUT2D eigenvalue weighted by molar-refractivity contribution is 7.16. The standard InChI is InChI=1S/C15H10ClS/c16-12-7-5-11(6-8-12)13-9-10-17-15-4-2-1-3-14(13)15/h1-10H/q+1. The quantitative estimate of drug-likeness (QED) is 0.505. The van der Waals surface area contributed by atoms with Crippen LogP contribution in [0.1, 0.15) is 0 Å². The van der Waals surface area contributed by atoms with Crippen LogP contribution in [-0.2, 0) is 0 Å². The van der Waals surface area contributed by atoms with Crippen molar-refractivity contribution in [2.75, 3.05) is 0 Å². The SMILES string of the molecule is Clc1ccc(-c2cc[s+]c3ccccc23)cc1. The van der Waals surface area contributed by atoms with Crippen molar-refractivity contribution in [3.63, 3.8) is 0 Å². The van der Waals surface area contributed by atoms with E-state index in [9.17, 15) is 0 Å². The van der Waals surface area contributed by atoms with Crippen molar-refractivity contribution in [3.8, 4) is 11.1 Å². The molecule has 2 heteroatoms. The predicted octanol–water partition coefficient (Wildman–Crippen LogP) is 5.50. The molecule has 0 spiro atoms. The van der Waals surface area contributed by atoms with E-state index in [4.69, 9.17) is 11.6 Å². The molecular weight excluding hydrogens is 248 g/mol. The van der Waals surface area contributed by atoms with Gasteiger partial charge in [0.15, 0.2) is 5.38 Å². The maximum atomic E-state index is 5.92. The summed E-state index contributed by atoms with van der Waals surface area (Å²) in [7, 11) is 0. The zero-order valence-corrected chi connectivity index (χ0v) is 10.6. The number of fused-ring (bicyclic) bond motifs is 1. The number of rotatable bonds is 1. The Kier molecular flexibility index (Phi) is 2.79. The topological polar surface area (TPSA) is 0 Å². The fourth-order valence-electron chi connectivity index (χ4n) is 1.94. The van der Waals surface area contributed by atoms with E-state index in [1.165, 1.54) is 21.2 Å². The third-order valence-corrected chi connectivity index (χ3v) is 3.90. The third-order valence-electron chi connectivity index (χ3n) is 2.76. The molecule has 3 rings (SSSR count). The maximum Gasteiger partial charge on any atom is 0.238 e. The lowest BCUT2D eigenvalue weighted by Gasteiger charge is -2.02. The van der Waals surface area contributed by atoms with E-state index >= 15 is 0 Å². The van der Waals surface area contributed by atoms with Gasteiger partial charge in [0.05, 0.1) is 0 Å². The van der Waals surface area contributed by atoms with Crippen LogP contribution in [0.15, 0.2) is 60.0 Å². The lowest BCUT2D eigenvalue weighted by molar-refractivity contribution is 1.67. The van der Waals surface area contributed by atoms with Crippen LogP contribution >= 0.6 is 22.9 Å². The van der Waals surface area contributed by atoms with Crippen molar-refractivity contribution in [3.05, 3.63) is 65.0 Å². The second-order valence-electron chi connectivity index (χ2n) is 3.84. The van der Waals surface area contributed by atoms with Gasteiger partial charge in [0.2, 0.25) is 16.0 Å². The molecule has 1 aromatic heterocycles. The molecule has 2 aromatic carbocycles. The lowest BCUT2D eigenvalue weighted by Crippen LogP contribution is -1.79. The van der Waals surface area contributed by atoms with E-state index in [2.05, 4.69) is 47.8 Å². The van der Waals surface area contributed by atoms with Gasteiger partial charge in [-0.25, -0.2) is 0 Å². The van der Waals surface area contributed by atoms with Crippen molar-refractivity contribution in [2.45, 2.75) is 0 Å².